The summed E-state index contributed by atoms with van der Waals surface area (Å²) in [7, 11) is 1.94. The Morgan fingerprint density at radius 1 is 1.35 bits per heavy atom. The fraction of sp³-hybridized carbons (Fsp3) is 0.375. The fourth-order valence-electron chi connectivity index (χ4n) is 2.50. The van der Waals surface area contributed by atoms with Crippen molar-refractivity contribution in [3.05, 3.63) is 41.2 Å². The molecule has 0 unspecified atom stereocenters. The molecule has 0 aliphatic heterocycles. The average molecular weight is 269 g/mol. The zero-order valence-corrected chi connectivity index (χ0v) is 12.1. The summed E-state index contributed by atoms with van der Waals surface area (Å²) in [6.45, 7) is 4.05. The molecule has 1 aliphatic rings. The van der Waals surface area contributed by atoms with Crippen LogP contribution in [0, 0.1) is 13.8 Å². The summed E-state index contributed by atoms with van der Waals surface area (Å²) in [5.41, 5.74) is 4.99. The Balaban J connectivity index is 1.96. The number of hydrogen-bond acceptors (Lipinski definition) is 2. The van der Waals surface area contributed by atoms with Crippen molar-refractivity contribution >= 4 is 5.91 Å². The van der Waals surface area contributed by atoms with Crippen LogP contribution in [0.3, 0.4) is 0 Å². The summed E-state index contributed by atoms with van der Waals surface area (Å²) >= 11 is 0. The minimum absolute atomic E-state index is 0.0218. The first-order chi connectivity index (χ1) is 9.56. The minimum Gasteiger partial charge on any atom is -0.349 e. The van der Waals surface area contributed by atoms with E-state index in [1.54, 1.807) is 0 Å². The van der Waals surface area contributed by atoms with Crippen molar-refractivity contribution in [3.63, 3.8) is 0 Å². The minimum atomic E-state index is 0.0218. The standard InChI is InChI=1S/C16H19N3O/c1-10-15(11(2)19(3)18-10)12-5-4-6-13(9-12)16(20)17-14-7-8-14/h4-6,9,14H,7-8H2,1-3H3,(H,17,20). The molecule has 4 heteroatoms. The molecule has 20 heavy (non-hydrogen) atoms. The van der Waals surface area contributed by atoms with Gasteiger partial charge in [0.05, 0.1) is 5.69 Å². The number of carbonyl (C=O) groups excluding carboxylic acids is 1. The van der Waals surface area contributed by atoms with Crippen LogP contribution in [0.25, 0.3) is 11.1 Å². The number of hydrogen-bond donors (Lipinski definition) is 1. The molecule has 104 valence electrons. The Morgan fingerprint density at radius 2 is 2.10 bits per heavy atom. The van der Waals surface area contributed by atoms with Crippen LogP contribution in [0.5, 0.6) is 0 Å². The first-order valence-electron chi connectivity index (χ1n) is 6.98. The van der Waals surface area contributed by atoms with E-state index in [0.29, 0.717) is 6.04 Å². The van der Waals surface area contributed by atoms with Gasteiger partial charge in [0.15, 0.2) is 0 Å². The maximum absolute atomic E-state index is 12.1. The van der Waals surface area contributed by atoms with E-state index in [1.807, 2.05) is 49.8 Å². The summed E-state index contributed by atoms with van der Waals surface area (Å²) in [4.78, 5) is 12.1. The predicted octanol–water partition coefficient (Wildman–Crippen LogP) is 2.60. The summed E-state index contributed by atoms with van der Waals surface area (Å²) in [6, 6.07) is 8.17. The molecule has 1 N–H and O–H groups in total. The zero-order chi connectivity index (χ0) is 14.3. The van der Waals surface area contributed by atoms with Crippen LogP contribution in [0.2, 0.25) is 0 Å². The third-order valence-corrected chi connectivity index (χ3v) is 3.84. The Labute approximate surface area is 118 Å². The molecule has 3 rings (SSSR count). The van der Waals surface area contributed by atoms with Crippen molar-refractivity contribution in [2.45, 2.75) is 32.7 Å². The highest BCUT2D eigenvalue weighted by Crippen LogP contribution is 2.27. The van der Waals surface area contributed by atoms with E-state index in [4.69, 9.17) is 0 Å². The van der Waals surface area contributed by atoms with Gasteiger partial charge in [-0.15, -0.1) is 0 Å². The lowest BCUT2D eigenvalue weighted by atomic mass is 10.0. The summed E-state index contributed by atoms with van der Waals surface area (Å²) in [5, 5.41) is 7.46. The molecular weight excluding hydrogens is 250 g/mol. The number of nitrogens with one attached hydrogen (secondary N) is 1. The van der Waals surface area contributed by atoms with E-state index < -0.39 is 0 Å². The fourth-order valence-corrected chi connectivity index (χ4v) is 2.50. The van der Waals surface area contributed by atoms with Crippen LogP contribution in [0.4, 0.5) is 0 Å². The molecule has 1 amide bonds. The number of rotatable bonds is 3. The van der Waals surface area contributed by atoms with Gasteiger partial charge in [-0.2, -0.15) is 5.10 Å². The van der Waals surface area contributed by atoms with Crippen molar-refractivity contribution in [3.8, 4) is 11.1 Å². The van der Waals surface area contributed by atoms with Gasteiger partial charge in [-0.1, -0.05) is 12.1 Å². The molecule has 0 radical (unpaired) electrons. The zero-order valence-electron chi connectivity index (χ0n) is 12.1. The van der Waals surface area contributed by atoms with Gasteiger partial charge in [-0.05, 0) is 44.4 Å². The monoisotopic (exact) mass is 269 g/mol. The van der Waals surface area contributed by atoms with E-state index in [-0.39, 0.29) is 5.91 Å². The number of nitrogens with zero attached hydrogens (tertiary/aromatic N) is 2. The molecule has 2 aromatic rings. The summed E-state index contributed by atoms with van der Waals surface area (Å²) in [5.74, 6) is 0.0218. The highest BCUT2D eigenvalue weighted by atomic mass is 16.1. The summed E-state index contributed by atoms with van der Waals surface area (Å²) < 4.78 is 1.88. The molecule has 1 aromatic carbocycles. The topological polar surface area (TPSA) is 46.9 Å². The number of carbonyl (C=O) groups is 1. The molecule has 4 nitrogen and oxygen atoms in total. The first kappa shape index (κ1) is 12.9. The second-order valence-corrected chi connectivity index (χ2v) is 5.50. The lowest BCUT2D eigenvalue weighted by Crippen LogP contribution is -2.25. The van der Waals surface area contributed by atoms with Crippen LogP contribution in [0.15, 0.2) is 24.3 Å². The summed E-state index contributed by atoms with van der Waals surface area (Å²) in [6.07, 6.45) is 2.21. The van der Waals surface area contributed by atoms with Crippen molar-refractivity contribution in [2.75, 3.05) is 0 Å². The average Bonchev–Trinajstić information content (AvgIpc) is 3.18. The van der Waals surface area contributed by atoms with Crippen molar-refractivity contribution in [2.24, 2.45) is 7.05 Å². The lowest BCUT2D eigenvalue weighted by Gasteiger charge is -2.07. The van der Waals surface area contributed by atoms with Crippen LogP contribution >= 0.6 is 0 Å². The highest BCUT2D eigenvalue weighted by Gasteiger charge is 2.24. The van der Waals surface area contributed by atoms with Crippen LogP contribution < -0.4 is 5.32 Å². The van der Waals surface area contributed by atoms with Gasteiger partial charge in [0, 0.05) is 29.9 Å². The van der Waals surface area contributed by atoms with Crippen LogP contribution in [-0.4, -0.2) is 21.7 Å². The van der Waals surface area contributed by atoms with Gasteiger partial charge in [0.1, 0.15) is 0 Å². The molecule has 1 saturated carbocycles. The van der Waals surface area contributed by atoms with Crippen LogP contribution in [-0.2, 0) is 7.05 Å². The quantitative estimate of drug-likeness (QED) is 0.931. The largest absolute Gasteiger partial charge is 0.349 e. The third kappa shape index (κ3) is 2.33. The number of amides is 1. The SMILES string of the molecule is Cc1nn(C)c(C)c1-c1cccc(C(=O)NC2CC2)c1. The molecule has 1 aliphatic carbocycles. The maximum Gasteiger partial charge on any atom is 0.251 e. The highest BCUT2D eigenvalue weighted by molar-refractivity contribution is 5.96. The molecule has 0 atom stereocenters. The Bertz CT molecular complexity index is 668. The van der Waals surface area contributed by atoms with Gasteiger partial charge in [0.25, 0.3) is 5.91 Å². The van der Waals surface area contributed by atoms with Gasteiger partial charge in [-0.3, -0.25) is 9.48 Å². The molecular formula is C16H19N3O. The Morgan fingerprint density at radius 3 is 2.70 bits per heavy atom. The smallest absolute Gasteiger partial charge is 0.251 e. The lowest BCUT2D eigenvalue weighted by molar-refractivity contribution is 0.0951. The van der Waals surface area contributed by atoms with E-state index in [2.05, 4.69) is 10.4 Å². The predicted molar refractivity (Wildman–Crippen MR) is 78.6 cm³/mol. The van der Waals surface area contributed by atoms with Gasteiger partial charge >= 0.3 is 0 Å². The van der Waals surface area contributed by atoms with E-state index in [0.717, 1.165) is 40.9 Å². The number of benzene rings is 1. The van der Waals surface area contributed by atoms with Gasteiger partial charge < -0.3 is 5.32 Å². The molecule has 0 bridgehead atoms. The van der Waals surface area contributed by atoms with Crippen LogP contribution in [0.1, 0.15) is 34.6 Å². The maximum atomic E-state index is 12.1. The molecule has 1 aromatic heterocycles. The van der Waals surface area contributed by atoms with Gasteiger partial charge in [0.2, 0.25) is 0 Å². The van der Waals surface area contributed by atoms with E-state index >= 15 is 0 Å². The first-order valence-corrected chi connectivity index (χ1v) is 6.98. The molecule has 1 heterocycles. The number of aromatic nitrogens is 2. The normalized spacial score (nSPS) is 14.3. The van der Waals surface area contributed by atoms with E-state index in [1.165, 1.54) is 0 Å². The Kier molecular flexibility index (Phi) is 3.08. The van der Waals surface area contributed by atoms with Gasteiger partial charge in [-0.25, -0.2) is 0 Å². The molecule has 0 spiro atoms. The van der Waals surface area contributed by atoms with Crippen molar-refractivity contribution in [1.82, 2.24) is 15.1 Å². The molecule has 1 fully saturated rings. The Hall–Kier alpha value is -2.10. The van der Waals surface area contributed by atoms with Crippen molar-refractivity contribution < 1.29 is 4.79 Å². The molecule has 0 saturated heterocycles. The number of aryl methyl sites for hydroxylation is 2. The van der Waals surface area contributed by atoms with Crippen molar-refractivity contribution in [1.29, 1.82) is 0 Å². The van der Waals surface area contributed by atoms with E-state index in [9.17, 15) is 4.79 Å². The second-order valence-electron chi connectivity index (χ2n) is 5.50. The third-order valence-electron chi connectivity index (χ3n) is 3.84. The second kappa shape index (κ2) is 4.78.